The van der Waals surface area contributed by atoms with Crippen LogP contribution >= 0.6 is 0 Å². The minimum atomic E-state index is -0.555. The molecular weight excluding hydrogens is 460 g/mol. The molecule has 0 aliphatic carbocycles. The Labute approximate surface area is 212 Å². The Morgan fingerprint density at radius 3 is 2.61 bits per heavy atom. The molecule has 1 aromatic heterocycles. The average molecular weight is 497 g/mol. The number of aromatic nitrogens is 1. The molecule has 194 valence electrons. The highest BCUT2D eigenvalue weighted by atomic mass is 16.7. The average Bonchev–Trinajstić information content (AvgIpc) is 3.29. The molecule has 8 nitrogen and oxygen atoms in total. The first-order valence-corrected chi connectivity index (χ1v) is 12.6. The van der Waals surface area contributed by atoms with E-state index in [-0.39, 0.29) is 12.4 Å². The molecule has 8 heteroatoms. The van der Waals surface area contributed by atoms with Crippen LogP contribution in [0.3, 0.4) is 0 Å². The second kappa shape index (κ2) is 11.3. The van der Waals surface area contributed by atoms with Crippen LogP contribution in [0.25, 0.3) is 22.6 Å². The lowest BCUT2D eigenvalue weighted by Crippen LogP contribution is -2.34. The van der Waals surface area contributed by atoms with Gasteiger partial charge in [-0.3, -0.25) is 4.90 Å². The van der Waals surface area contributed by atoms with E-state index in [1.165, 1.54) is 4.90 Å². The maximum Gasteiger partial charge on any atom is 0.414 e. The zero-order chi connectivity index (χ0) is 25.7. The van der Waals surface area contributed by atoms with Gasteiger partial charge in [0.25, 0.3) is 0 Å². The third-order valence-corrected chi connectivity index (χ3v) is 5.90. The summed E-state index contributed by atoms with van der Waals surface area (Å²) in [5.74, 6) is 1.21. The van der Waals surface area contributed by atoms with Crippen LogP contribution in [0.4, 0.5) is 10.5 Å². The summed E-state index contributed by atoms with van der Waals surface area (Å²) in [4.78, 5) is 18.4. The van der Waals surface area contributed by atoms with Crippen molar-refractivity contribution in [3.05, 3.63) is 42.5 Å². The van der Waals surface area contributed by atoms with Crippen LogP contribution in [0.1, 0.15) is 53.4 Å². The van der Waals surface area contributed by atoms with Crippen LogP contribution in [-0.4, -0.2) is 49.3 Å². The smallest absolute Gasteiger partial charge is 0.414 e. The van der Waals surface area contributed by atoms with Crippen molar-refractivity contribution in [2.75, 3.05) is 25.2 Å². The summed E-state index contributed by atoms with van der Waals surface area (Å²) in [5, 5.41) is 0. The molecule has 0 saturated carbocycles. The van der Waals surface area contributed by atoms with Crippen LogP contribution in [0.2, 0.25) is 0 Å². The molecule has 1 unspecified atom stereocenters. The molecule has 2 atom stereocenters. The molecule has 1 aliphatic heterocycles. The van der Waals surface area contributed by atoms with Gasteiger partial charge in [-0.1, -0.05) is 6.92 Å². The van der Waals surface area contributed by atoms with Crippen molar-refractivity contribution < 1.29 is 28.2 Å². The number of amides is 1. The summed E-state index contributed by atoms with van der Waals surface area (Å²) in [6.07, 6.45) is 3.43. The maximum atomic E-state index is 12.3. The number of benzene rings is 2. The zero-order valence-electron chi connectivity index (χ0n) is 21.8. The van der Waals surface area contributed by atoms with E-state index < -0.39 is 11.7 Å². The minimum absolute atomic E-state index is 0.0333. The fourth-order valence-corrected chi connectivity index (χ4v) is 3.86. The van der Waals surface area contributed by atoms with E-state index in [0.29, 0.717) is 35.0 Å². The number of ether oxygens (including phenoxy) is 4. The van der Waals surface area contributed by atoms with Gasteiger partial charge in [0, 0.05) is 31.0 Å². The first-order valence-electron chi connectivity index (χ1n) is 12.6. The van der Waals surface area contributed by atoms with Gasteiger partial charge in [-0.25, -0.2) is 9.78 Å². The summed E-state index contributed by atoms with van der Waals surface area (Å²) in [7, 11) is 1.68. The first-order chi connectivity index (χ1) is 17.2. The Balaban J connectivity index is 1.39. The normalized spacial score (nSPS) is 17.1. The lowest BCUT2D eigenvalue weighted by atomic mass is 10.2. The molecule has 3 aromatic rings. The van der Waals surface area contributed by atoms with Gasteiger partial charge in [0.2, 0.25) is 5.89 Å². The Kier molecular flexibility index (Phi) is 8.16. The third-order valence-electron chi connectivity index (χ3n) is 5.90. The van der Waals surface area contributed by atoms with Crippen LogP contribution in [-0.2, 0) is 14.2 Å². The fourth-order valence-electron chi connectivity index (χ4n) is 3.86. The molecule has 0 N–H and O–H groups in total. The van der Waals surface area contributed by atoms with Crippen molar-refractivity contribution in [1.29, 1.82) is 0 Å². The highest BCUT2D eigenvalue weighted by molar-refractivity contribution is 5.87. The molecule has 0 spiro atoms. The number of hydrogen-bond donors (Lipinski definition) is 0. The Morgan fingerprint density at radius 2 is 1.94 bits per heavy atom. The van der Waals surface area contributed by atoms with Crippen molar-refractivity contribution in [1.82, 2.24) is 4.98 Å². The second-order valence-electron chi connectivity index (χ2n) is 10.0. The molecule has 2 aromatic carbocycles. The topological polar surface area (TPSA) is 83.3 Å². The molecular formula is C28H36N2O6. The summed E-state index contributed by atoms with van der Waals surface area (Å²) < 4.78 is 29.2. The van der Waals surface area contributed by atoms with Gasteiger partial charge >= 0.3 is 6.09 Å². The van der Waals surface area contributed by atoms with E-state index in [9.17, 15) is 4.79 Å². The highest BCUT2D eigenvalue weighted by Gasteiger charge is 2.21. The summed E-state index contributed by atoms with van der Waals surface area (Å²) in [6.45, 7) is 8.81. The molecule has 0 bridgehead atoms. The lowest BCUT2D eigenvalue weighted by molar-refractivity contribution is -0.193. The third kappa shape index (κ3) is 6.77. The van der Waals surface area contributed by atoms with Gasteiger partial charge in [0.15, 0.2) is 11.9 Å². The Bertz CT molecular complexity index is 1150. The van der Waals surface area contributed by atoms with Gasteiger partial charge in [-0.2, -0.15) is 0 Å². The molecule has 4 rings (SSSR count). The summed E-state index contributed by atoms with van der Waals surface area (Å²) in [6, 6.07) is 13.0. The number of rotatable bonds is 8. The SMILES string of the molecule is CC[C@H](COc1ccc2oc(-c3ccc(N(C)C(=O)OC(C)(C)C)cc3)nc2c1)OC1CCCCO1. The fraction of sp³-hybridized carbons (Fsp3) is 0.500. The van der Waals surface area contributed by atoms with E-state index in [2.05, 4.69) is 11.9 Å². The highest BCUT2D eigenvalue weighted by Crippen LogP contribution is 2.29. The number of carbonyl (C=O) groups excluding carboxylic acids is 1. The van der Waals surface area contributed by atoms with Crippen LogP contribution < -0.4 is 9.64 Å². The van der Waals surface area contributed by atoms with Crippen molar-refractivity contribution in [2.24, 2.45) is 0 Å². The van der Waals surface area contributed by atoms with Crippen molar-refractivity contribution >= 4 is 22.9 Å². The standard InChI is InChI=1S/C28H36N2O6/c1-6-21(34-25-9-7-8-16-32-25)18-33-22-14-15-24-23(17-22)29-26(35-24)19-10-12-20(13-11-19)30(5)27(31)36-28(2,3)4/h10-15,17,21,25H,6-9,16,18H2,1-5H3/t21-,25?/m1/s1. The van der Waals surface area contributed by atoms with Crippen molar-refractivity contribution in [3.8, 4) is 17.2 Å². The molecule has 1 saturated heterocycles. The van der Waals surface area contributed by atoms with E-state index in [4.69, 9.17) is 23.4 Å². The van der Waals surface area contributed by atoms with Gasteiger partial charge in [0.1, 0.15) is 23.5 Å². The van der Waals surface area contributed by atoms with Gasteiger partial charge in [-0.15, -0.1) is 0 Å². The second-order valence-corrected chi connectivity index (χ2v) is 10.0. The molecule has 1 fully saturated rings. The Hall–Kier alpha value is -3.10. The molecule has 1 aliphatic rings. The molecule has 36 heavy (non-hydrogen) atoms. The number of anilines is 1. The molecule has 1 amide bonds. The zero-order valence-corrected chi connectivity index (χ0v) is 21.8. The van der Waals surface area contributed by atoms with Crippen LogP contribution in [0, 0.1) is 0 Å². The predicted octanol–water partition coefficient (Wildman–Crippen LogP) is 6.57. The minimum Gasteiger partial charge on any atom is -0.491 e. The van der Waals surface area contributed by atoms with E-state index in [1.807, 2.05) is 63.2 Å². The maximum absolute atomic E-state index is 12.3. The van der Waals surface area contributed by atoms with Crippen molar-refractivity contribution in [2.45, 2.75) is 71.4 Å². The Morgan fingerprint density at radius 1 is 1.17 bits per heavy atom. The first kappa shape index (κ1) is 26.0. The molecule has 0 radical (unpaired) electrons. The van der Waals surface area contributed by atoms with E-state index in [1.54, 1.807) is 7.05 Å². The van der Waals surface area contributed by atoms with Gasteiger partial charge in [0.05, 0.1) is 6.10 Å². The van der Waals surface area contributed by atoms with Gasteiger partial charge < -0.3 is 23.4 Å². The number of nitrogens with zero attached hydrogens (tertiary/aromatic N) is 2. The van der Waals surface area contributed by atoms with Crippen LogP contribution in [0.15, 0.2) is 46.9 Å². The number of carbonyl (C=O) groups is 1. The monoisotopic (exact) mass is 496 g/mol. The summed E-state index contributed by atoms with van der Waals surface area (Å²) in [5.41, 5.74) is 2.35. The predicted molar refractivity (Wildman–Crippen MR) is 138 cm³/mol. The van der Waals surface area contributed by atoms with E-state index >= 15 is 0 Å². The number of fused-ring (bicyclic) bond motifs is 1. The summed E-state index contributed by atoms with van der Waals surface area (Å²) >= 11 is 0. The largest absolute Gasteiger partial charge is 0.491 e. The van der Waals surface area contributed by atoms with Gasteiger partial charge in [-0.05, 0) is 82.9 Å². The van der Waals surface area contributed by atoms with Crippen molar-refractivity contribution in [3.63, 3.8) is 0 Å². The molecule has 2 heterocycles. The quantitative estimate of drug-likeness (QED) is 0.349. The number of hydrogen-bond acceptors (Lipinski definition) is 7. The lowest BCUT2D eigenvalue weighted by Gasteiger charge is -2.27. The van der Waals surface area contributed by atoms with E-state index in [0.717, 1.165) is 37.9 Å². The van der Waals surface area contributed by atoms with Crippen LogP contribution in [0.5, 0.6) is 5.75 Å². The number of oxazole rings is 1.